The summed E-state index contributed by atoms with van der Waals surface area (Å²) in [6, 6.07) is 16.8. The van der Waals surface area contributed by atoms with Gasteiger partial charge in [-0.05, 0) is 24.3 Å². The molecule has 0 bridgehead atoms. The third-order valence-corrected chi connectivity index (χ3v) is 3.42. The number of anilines is 2. The van der Waals surface area contributed by atoms with Crippen LogP contribution in [0.3, 0.4) is 0 Å². The summed E-state index contributed by atoms with van der Waals surface area (Å²) in [7, 11) is 0. The van der Waals surface area contributed by atoms with E-state index in [1.165, 1.54) is 21.2 Å². The predicted molar refractivity (Wildman–Crippen MR) is 68.4 cm³/mol. The molecular formula is C12H10ClNOS. The van der Waals surface area contributed by atoms with Crippen molar-refractivity contribution in [1.29, 1.82) is 0 Å². The van der Waals surface area contributed by atoms with Gasteiger partial charge in [-0.3, -0.25) is 4.66 Å². The van der Waals surface area contributed by atoms with Gasteiger partial charge in [-0.15, -0.1) is 0 Å². The molecule has 1 aliphatic rings. The highest BCUT2D eigenvalue weighted by molar-refractivity contribution is 7.99. The second-order valence-corrected chi connectivity index (χ2v) is 4.30. The van der Waals surface area contributed by atoms with Gasteiger partial charge in [0.15, 0.2) is 0 Å². The number of fused-ring (bicyclic) bond motifs is 2. The summed E-state index contributed by atoms with van der Waals surface area (Å²) in [5.41, 5.74) is 2.41. The number of nitrogens with one attached hydrogen (secondary N) is 1. The quantitative estimate of drug-likeness (QED) is 0.633. The molecule has 0 saturated heterocycles. The van der Waals surface area contributed by atoms with E-state index in [4.69, 9.17) is 4.66 Å². The molecule has 1 heterocycles. The molecule has 0 spiro atoms. The molecule has 0 saturated carbocycles. The number of hydrogen-bond acceptors (Lipinski definition) is 3. The standard InChI is InChI=1S/C12H9NS.ClHO/c1-3-7-11-9(5-1)13-10-6-2-4-8-12(10)14-11;1-2/h1-8,13H;2H. The van der Waals surface area contributed by atoms with Crippen LogP contribution in [0.5, 0.6) is 0 Å². The van der Waals surface area contributed by atoms with Crippen molar-refractivity contribution in [2.45, 2.75) is 9.79 Å². The Morgan fingerprint density at radius 3 is 1.75 bits per heavy atom. The highest BCUT2D eigenvalue weighted by atomic mass is 35.5. The fourth-order valence-corrected chi connectivity index (χ4v) is 2.57. The van der Waals surface area contributed by atoms with Gasteiger partial charge in [0.05, 0.1) is 23.2 Å². The van der Waals surface area contributed by atoms with Crippen molar-refractivity contribution >= 4 is 35.0 Å². The zero-order chi connectivity index (χ0) is 11.4. The molecule has 16 heavy (non-hydrogen) atoms. The van der Waals surface area contributed by atoms with Gasteiger partial charge in [-0.2, -0.15) is 0 Å². The Morgan fingerprint density at radius 2 is 1.25 bits per heavy atom. The maximum Gasteiger partial charge on any atom is 0.0579 e. The normalized spacial score (nSPS) is 11.4. The molecule has 4 heteroatoms. The van der Waals surface area contributed by atoms with Crippen LogP contribution < -0.4 is 5.32 Å². The van der Waals surface area contributed by atoms with Crippen molar-refractivity contribution in [1.82, 2.24) is 0 Å². The van der Waals surface area contributed by atoms with Crippen molar-refractivity contribution in [3.8, 4) is 0 Å². The van der Waals surface area contributed by atoms with E-state index in [0.717, 1.165) is 0 Å². The summed E-state index contributed by atoms with van der Waals surface area (Å²) in [6.07, 6.45) is 0. The van der Waals surface area contributed by atoms with Crippen LogP contribution in [0.1, 0.15) is 0 Å². The Balaban J connectivity index is 0.000000457. The van der Waals surface area contributed by atoms with Crippen molar-refractivity contribution in [2.24, 2.45) is 0 Å². The number of para-hydroxylation sites is 2. The van der Waals surface area contributed by atoms with Crippen molar-refractivity contribution < 1.29 is 4.66 Å². The Kier molecular flexibility index (Phi) is 3.72. The summed E-state index contributed by atoms with van der Waals surface area (Å²) in [6.45, 7) is 0. The minimum atomic E-state index is 1.20. The maximum absolute atomic E-state index is 6.47. The predicted octanol–water partition coefficient (Wildman–Crippen LogP) is 4.03. The molecule has 0 fully saturated rings. The van der Waals surface area contributed by atoms with Crippen LogP contribution in [0.15, 0.2) is 58.3 Å². The van der Waals surface area contributed by atoms with Gasteiger partial charge in [0.1, 0.15) is 0 Å². The molecule has 3 rings (SSSR count). The van der Waals surface area contributed by atoms with E-state index in [1.54, 1.807) is 0 Å². The van der Waals surface area contributed by atoms with Crippen molar-refractivity contribution in [3.63, 3.8) is 0 Å². The van der Waals surface area contributed by atoms with Gasteiger partial charge in [0.25, 0.3) is 0 Å². The smallest absolute Gasteiger partial charge is 0.0579 e. The zero-order valence-corrected chi connectivity index (χ0v) is 9.92. The van der Waals surface area contributed by atoms with E-state index >= 15 is 0 Å². The maximum atomic E-state index is 6.47. The lowest BCUT2D eigenvalue weighted by molar-refractivity contribution is 0.632. The molecule has 0 amide bonds. The SMILES string of the molecule is OCl.c1ccc2c(c1)Nc1ccccc1S2. The molecule has 0 radical (unpaired) electrons. The molecule has 0 unspecified atom stereocenters. The van der Waals surface area contributed by atoms with E-state index < -0.39 is 0 Å². The van der Waals surface area contributed by atoms with Crippen LogP contribution >= 0.6 is 23.6 Å². The van der Waals surface area contributed by atoms with Crippen LogP contribution in [-0.4, -0.2) is 4.66 Å². The fraction of sp³-hybridized carbons (Fsp3) is 0. The number of halogens is 1. The van der Waals surface area contributed by atoms with Gasteiger partial charge in [-0.25, -0.2) is 0 Å². The monoisotopic (exact) mass is 251 g/mol. The Morgan fingerprint density at radius 1 is 0.812 bits per heavy atom. The van der Waals surface area contributed by atoms with E-state index in [2.05, 4.69) is 65.7 Å². The second-order valence-electron chi connectivity index (χ2n) is 3.22. The summed E-state index contributed by atoms with van der Waals surface area (Å²) in [4.78, 5) is 2.59. The lowest BCUT2D eigenvalue weighted by Gasteiger charge is -2.19. The van der Waals surface area contributed by atoms with Crippen LogP contribution in [-0.2, 0) is 0 Å². The molecule has 1 aliphatic heterocycles. The minimum Gasteiger partial charge on any atom is -0.354 e. The molecule has 2 aromatic rings. The number of benzene rings is 2. The molecule has 2 nitrogen and oxygen atoms in total. The number of rotatable bonds is 0. The highest BCUT2D eigenvalue weighted by Crippen LogP contribution is 2.43. The summed E-state index contributed by atoms with van der Waals surface area (Å²) in [5.74, 6) is 0. The van der Waals surface area contributed by atoms with E-state index in [1.807, 2.05) is 11.8 Å². The lowest BCUT2D eigenvalue weighted by atomic mass is 10.2. The van der Waals surface area contributed by atoms with Gasteiger partial charge >= 0.3 is 0 Å². The molecule has 0 aromatic heterocycles. The molecule has 82 valence electrons. The van der Waals surface area contributed by atoms with Crippen LogP contribution in [0.2, 0.25) is 0 Å². The first-order valence-corrected chi connectivity index (χ1v) is 5.89. The van der Waals surface area contributed by atoms with Crippen molar-refractivity contribution in [3.05, 3.63) is 48.5 Å². The summed E-state index contributed by atoms with van der Waals surface area (Å²) in [5, 5.41) is 3.42. The Hall–Kier alpha value is -1.16. The van der Waals surface area contributed by atoms with Crippen LogP contribution in [0.4, 0.5) is 11.4 Å². The average molecular weight is 252 g/mol. The van der Waals surface area contributed by atoms with Crippen LogP contribution in [0.25, 0.3) is 0 Å². The van der Waals surface area contributed by atoms with Gasteiger partial charge in [-0.1, -0.05) is 36.0 Å². The molecule has 0 atom stereocenters. The van der Waals surface area contributed by atoms with Crippen molar-refractivity contribution in [2.75, 3.05) is 5.32 Å². The van der Waals surface area contributed by atoms with Gasteiger partial charge in [0.2, 0.25) is 0 Å². The summed E-state index contributed by atoms with van der Waals surface area (Å²) >= 11 is 5.46. The Bertz CT molecular complexity index is 402. The van der Waals surface area contributed by atoms with Crippen LogP contribution in [0, 0.1) is 0 Å². The van der Waals surface area contributed by atoms with E-state index in [9.17, 15) is 0 Å². The zero-order valence-electron chi connectivity index (χ0n) is 8.35. The average Bonchev–Trinajstić information content (AvgIpc) is 2.38. The van der Waals surface area contributed by atoms with E-state index in [0.29, 0.717) is 0 Å². The Labute approximate surface area is 103 Å². The fourth-order valence-electron chi connectivity index (χ4n) is 1.58. The summed E-state index contributed by atoms with van der Waals surface area (Å²) < 4.78 is 6.47. The van der Waals surface area contributed by atoms with Gasteiger partial charge < -0.3 is 5.32 Å². The molecular weight excluding hydrogens is 242 g/mol. The third kappa shape index (κ3) is 2.16. The largest absolute Gasteiger partial charge is 0.354 e. The van der Waals surface area contributed by atoms with Gasteiger partial charge in [0, 0.05) is 9.79 Å². The molecule has 0 aliphatic carbocycles. The lowest BCUT2D eigenvalue weighted by Crippen LogP contribution is -1.98. The third-order valence-electron chi connectivity index (χ3n) is 2.26. The first kappa shape index (κ1) is 11.3. The first-order valence-electron chi connectivity index (χ1n) is 4.73. The second kappa shape index (κ2) is 5.25. The topological polar surface area (TPSA) is 32.3 Å². The minimum absolute atomic E-state index is 1.20. The molecule has 2 N–H and O–H groups in total. The number of hydrogen-bond donors (Lipinski definition) is 2. The van der Waals surface area contributed by atoms with E-state index in [-0.39, 0.29) is 0 Å². The molecule has 2 aromatic carbocycles. The first-order chi connectivity index (χ1) is 7.93. The highest BCUT2D eigenvalue weighted by Gasteiger charge is 2.13.